The molecule has 0 aliphatic heterocycles. The van der Waals surface area contributed by atoms with Crippen molar-refractivity contribution in [2.45, 2.75) is 40.2 Å². The summed E-state index contributed by atoms with van der Waals surface area (Å²) in [5, 5.41) is 7.67. The Morgan fingerprint density at radius 3 is 2.50 bits per heavy atom. The topological polar surface area (TPSA) is 95.9 Å². The first-order valence-electron chi connectivity index (χ1n) is 9.13. The molecule has 0 unspecified atom stereocenters. The van der Waals surface area contributed by atoms with Crippen LogP contribution in [-0.4, -0.2) is 39.2 Å². The third-order valence-electron chi connectivity index (χ3n) is 4.55. The summed E-state index contributed by atoms with van der Waals surface area (Å²) in [6, 6.07) is 5.86. The fourth-order valence-corrected chi connectivity index (χ4v) is 3.06. The molecule has 2 N–H and O–H groups in total. The van der Waals surface area contributed by atoms with E-state index in [4.69, 9.17) is 0 Å². The van der Waals surface area contributed by atoms with Crippen LogP contribution in [0.25, 0.3) is 11.0 Å². The van der Waals surface area contributed by atoms with E-state index in [0.29, 0.717) is 17.0 Å². The molecule has 0 saturated carbocycles. The van der Waals surface area contributed by atoms with Gasteiger partial charge in [0.05, 0.1) is 18.3 Å². The molecule has 0 aliphatic carbocycles. The van der Waals surface area contributed by atoms with Gasteiger partial charge in [-0.1, -0.05) is 18.2 Å². The third-order valence-corrected chi connectivity index (χ3v) is 4.55. The van der Waals surface area contributed by atoms with Gasteiger partial charge in [-0.3, -0.25) is 14.6 Å². The van der Waals surface area contributed by atoms with Crippen molar-refractivity contribution >= 4 is 28.6 Å². The van der Waals surface area contributed by atoms with Crippen LogP contribution in [-0.2, 0) is 10.3 Å². The number of likely N-dealkylation sites (N-methyl/N-ethyl adjacent to an activating group) is 1. The van der Waals surface area contributed by atoms with E-state index in [-0.39, 0.29) is 23.6 Å². The highest BCUT2D eigenvalue weighted by Gasteiger charge is 2.21. The van der Waals surface area contributed by atoms with Gasteiger partial charge >= 0.3 is 0 Å². The van der Waals surface area contributed by atoms with Crippen LogP contribution < -0.4 is 15.8 Å². The number of hydrogen-bond acceptors (Lipinski definition) is 5. The number of fused-ring (bicyclic) bond motifs is 1. The van der Waals surface area contributed by atoms with E-state index in [9.17, 15) is 9.59 Å². The maximum atomic E-state index is 12.5. The minimum atomic E-state index is -0.321. The number of hydrogen-bond donors (Lipinski definition) is 2. The molecule has 0 radical (unpaired) electrons. The second-order valence-electron chi connectivity index (χ2n) is 8.03. The first-order chi connectivity index (χ1) is 13.1. The van der Waals surface area contributed by atoms with Crippen LogP contribution in [0.4, 0.5) is 11.6 Å². The zero-order chi connectivity index (χ0) is 20.6. The minimum Gasteiger partial charge on any atom is -0.336 e. The molecule has 0 bridgehead atoms. The summed E-state index contributed by atoms with van der Waals surface area (Å²) in [5.41, 5.74) is 2.70. The van der Waals surface area contributed by atoms with Crippen molar-refractivity contribution in [3.63, 3.8) is 0 Å². The van der Waals surface area contributed by atoms with Crippen molar-refractivity contribution in [3.05, 3.63) is 45.9 Å². The number of aromatic nitrogens is 4. The van der Waals surface area contributed by atoms with Gasteiger partial charge < -0.3 is 10.2 Å². The number of para-hydroxylation sites is 1. The first-order valence-corrected chi connectivity index (χ1v) is 9.13. The van der Waals surface area contributed by atoms with Crippen LogP contribution in [0, 0.1) is 13.8 Å². The summed E-state index contributed by atoms with van der Waals surface area (Å²) in [6.45, 7) is 9.92. The molecule has 3 rings (SSSR count). The average Bonchev–Trinajstić information content (AvgIpc) is 3.03. The monoisotopic (exact) mass is 382 g/mol. The first kappa shape index (κ1) is 19.6. The van der Waals surface area contributed by atoms with E-state index >= 15 is 0 Å². The molecule has 8 heteroatoms. The number of amides is 1. The van der Waals surface area contributed by atoms with Crippen LogP contribution >= 0.6 is 0 Å². The SMILES string of the molecule is Cc1cccc(C)c1NC(=O)CN(C)c1nc2c(cnn2C(C)(C)C)c(=O)[nH]1. The van der Waals surface area contributed by atoms with E-state index in [2.05, 4.69) is 20.4 Å². The van der Waals surface area contributed by atoms with E-state index in [1.807, 2.05) is 52.8 Å². The predicted octanol–water partition coefficient (Wildman–Crippen LogP) is 2.57. The third kappa shape index (κ3) is 3.76. The van der Waals surface area contributed by atoms with Crippen molar-refractivity contribution < 1.29 is 4.79 Å². The van der Waals surface area contributed by atoms with Gasteiger partial charge in [0.25, 0.3) is 5.56 Å². The standard InChI is InChI=1S/C20H26N6O2/c1-12-8-7-9-13(2)16(12)22-15(27)11-25(6)19-23-17-14(18(28)24-19)10-21-26(17)20(3,4)5/h7-10H,11H2,1-6H3,(H,22,27)(H,23,24,28). The van der Waals surface area contributed by atoms with Gasteiger partial charge in [0.15, 0.2) is 5.65 Å². The van der Waals surface area contributed by atoms with Gasteiger partial charge in [0, 0.05) is 12.7 Å². The molecule has 3 aromatic rings. The van der Waals surface area contributed by atoms with Gasteiger partial charge in [-0.25, -0.2) is 4.68 Å². The van der Waals surface area contributed by atoms with Crippen molar-refractivity contribution in [2.75, 3.05) is 23.8 Å². The van der Waals surface area contributed by atoms with Gasteiger partial charge in [-0.15, -0.1) is 0 Å². The van der Waals surface area contributed by atoms with Crippen molar-refractivity contribution in [1.29, 1.82) is 0 Å². The van der Waals surface area contributed by atoms with Crippen LogP contribution in [0.3, 0.4) is 0 Å². The van der Waals surface area contributed by atoms with Crippen molar-refractivity contribution in [3.8, 4) is 0 Å². The van der Waals surface area contributed by atoms with E-state index in [1.165, 1.54) is 6.20 Å². The molecule has 1 amide bonds. The average molecular weight is 382 g/mol. The van der Waals surface area contributed by atoms with Gasteiger partial charge in [-0.05, 0) is 45.7 Å². The van der Waals surface area contributed by atoms with E-state index in [0.717, 1.165) is 16.8 Å². The highest BCUT2D eigenvalue weighted by molar-refractivity contribution is 5.95. The second kappa shape index (κ2) is 7.10. The van der Waals surface area contributed by atoms with Gasteiger partial charge in [0.2, 0.25) is 11.9 Å². The fraction of sp³-hybridized carbons (Fsp3) is 0.400. The Hall–Kier alpha value is -3.16. The maximum Gasteiger partial charge on any atom is 0.263 e. The molecule has 28 heavy (non-hydrogen) atoms. The zero-order valence-corrected chi connectivity index (χ0v) is 17.1. The number of carbonyl (C=O) groups excluding carboxylic acids is 1. The minimum absolute atomic E-state index is 0.0475. The Morgan fingerprint density at radius 2 is 1.89 bits per heavy atom. The molecule has 0 spiro atoms. The number of rotatable bonds is 4. The summed E-state index contributed by atoms with van der Waals surface area (Å²) in [5.74, 6) is 0.132. The summed E-state index contributed by atoms with van der Waals surface area (Å²) in [6.07, 6.45) is 1.52. The number of H-pyrrole nitrogens is 1. The Bertz CT molecular complexity index is 1070. The maximum absolute atomic E-state index is 12.5. The van der Waals surface area contributed by atoms with E-state index < -0.39 is 0 Å². The number of nitrogens with zero attached hydrogens (tertiary/aromatic N) is 4. The predicted molar refractivity (Wildman–Crippen MR) is 111 cm³/mol. The number of nitrogens with one attached hydrogen (secondary N) is 2. The second-order valence-corrected chi connectivity index (χ2v) is 8.03. The number of aromatic amines is 1. The summed E-state index contributed by atoms with van der Waals surface area (Å²) >= 11 is 0. The Labute approximate surface area is 163 Å². The number of aryl methyl sites for hydroxylation is 2. The zero-order valence-electron chi connectivity index (χ0n) is 17.1. The van der Waals surface area contributed by atoms with Crippen LogP contribution in [0.1, 0.15) is 31.9 Å². The normalized spacial score (nSPS) is 11.6. The number of benzene rings is 1. The van der Waals surface area contributed by atoms with Crippen molar-refractivity contribution in [1.82, 2.24) is 19.7 Å². The molecule has 0 fully saturated rings. The summed E-state index contributed by atoms with van der Waals surface area (Å²) in [4.78, 5) is 33.9. The molecule has 0 saturated heterocycles. The fourth-order valence-electron chi connectivity index (χ4n) is 3.06. The number of anilines is 2. The summed E-state index contributed by atoms with van der Waals surface area (Å²) in [7, 11) is 1.71. The quantitative estimate of drug-likeness (QED) is 0.723. The Kier molecular flexibility index (Phi) is 4.97. The molecule has 0 aliphatic rings. The highest BCUT2D eigenvalue weighted by Crippen LogP contribution is 2.21. The largest absolute Gasteiger partial charge is 0.336 e. The molecular weight excluding hydrogens is 356 g/mol. The van der Waals surface area contributed by atoms with Crippen molar-refractivity contribution in [2.24, 2.45) is 0 Å². The Morgan fingerprint density at radius 1 is 1.25 bits per heavy atom. The lowest BCUT2D eigenvalue weighted by Gasteiger charge is -2.21. The van der Waals surface area contributed by atoms with Gasteiger partial charge in [0.1, 0.15) is 5.39 Å². The van der Waals surface area contributed by atoms with Gasteiger partial charge in [-0.2, -0.15) is 10.1 Å². The molecular formula is C20H26N6O2. The molecule has 148 valence electrons. The smallest absolute Gasteiger partial charge is 0.263 e. The Balaban J connectivity index is 1.86. The molecule has 0 atom stereocenters. The number of carbonyl (C=O) groups is 1. The van der Waals surface area contributed by atoms with Crippen LogP contribution in [0.5, 0.6) is 0 Å². The lowest BCUT2D eigenvalue weighted by molar-refractivity contribution is -0.114. The highest BCUT2D eigenvalue weighted by atomic mass is 16.2. The van der Waals surface area contributed by atoms with Crippen LogP contribution in [0.2, 0.25) is 0 Å². The van der Waals surface area contributed by atoms with Crippen LogP contribution in [0.15, 0.2) is 29.2 Å². The lowest BCUT2D eigenvalue weighted by Crippen LogP contribution is -2.33. The molecule has 2 aromatic heterocycles. The molecule has 8 nitrogen and oxygen atoms in total. The lowest BCUT2D eigenvalue weighted by atomic mass is 10.1. The van der Waals surface area contributed by atoms with E-state index in [1.54, 1.807) is 16.6 Å². The molecule has 1 aromatic carbocycles. The summed E-state index contributed by atoms with van der Waals surface area (Å²) < 4.78 is 1.71. The molecule has 2 heterocycles.